The molecule has 0 aliphatic carbocycles. The Kier molecular flexibility index (Phi) is 5.53. The lowest BCUT2D eigenvalue weighted by Gasteiger charge is -2.28. The van der Waals surface area contributed by atoms with Crippen LogP contribution in [-0.4, -0.2) is 18.9 Å². The number of hydrogen-bond donors (Lipinski definition) is 2. The van der Waals surface area contributed by atoms with E-state index in [2.05, 4.69) is 24.0 Å². The molecule has 0 spiro atoms. The van der Waals surface area contributed by atoms with Gasteiger partial charge in [-0.25, -0.2) is 0 Å². The molecule has 2 aromatic carbocycles. The van der Waals surface area contributed by atoms with Gasteiger partial charge in [-0.15, -0.1) is 0 Å². The number of nitrogens with two attached hydrogens (primary N) is 1. The number of nitrogens with one attached hydrogen (secondary N) is 1. The molecule has 4 nitrogen and oxygen atoms in total. The second kappa shape index (κ2) is 7.83. The van der Waals surface area contributed by atoms with Crippen molar-refractivity contribution < 1.29 is 9.53 Å². The van der Waals surface area contributed by atoms with Crippen molar-refractivity contribution in [3.63, 3.8) is 0 Å². The van der Waals surface area contributed by atoms with Gasteiger partial charge in [0.05, 0.1) is 6.04 Å². The van der Waals surface area contributed by atoms with Crippen molar-refractivity contribution >= 4 is 17.9 Å². The van der Waals surface area contributed by atoms with Crippen molar-refractivity contribution in [3.8, 4) is 5.75 Å². The molecule has 3 atom stereocenters. The number of hydrogen-bond acceptors (Lipinski definition) is 4. The Bertz CT molecular complexity index is 778. The Morgan fingerprint density at radius 2 is 2.16 bits per heavy atom. The molecule has 0 fully saturated rings. The Morgan fingerprint density at radius 1 is 1.36 bits per heavy atom. The second-order valence-electron chi connectivity index (χ2n) is 6.08. The van der Waals surface area contributed by atoms with Crippen molar-refractivity contribution in [2.45, 2.75) is 24.5 Å². The predicted molar refractivity (Wildman–Crippen MR) is 99.9 cm³/mol. The lowest BCUT2D eigenvalue weighted by atomic mass is 9.82. The van der Waals surface area contributed by atoms with Crippen LogP contribution in [0, 0.1) is 0 Å². The lowest BCUT2D eigenvalue weighted by molar-refractivity contribution is -0.109. The Labute approximate surface area is 152 Å². The van der Waals surface area contributed by atoms with Crippen LogP contribution in [0.1, 0.15) is 28.7 Å². The summed E-state index contributed by atoms with van der Waals surface area (Å²) in [7, 11) is 0. The highest BCUT2D eigenvalue weighted by molar-refractivity contribution is 6.31. The van der Waals surface area contributed by atoms with Crippen LogP contribution in [-0.2, 0) is 11.3 Å². The summed E-state index contributed by atoms with van der Waals surface area (Å²) >= 11 is 6.50. The van der Waals surface area contributed by atoms with Crippen LogP contribution in [0.2, 0.25) is 5.02 Å². The van der Waals surface area contributed by atoms with Gasteiger partial charge in [-0.05, 0) is 28.8 Å². The van der Waals surface area contributed by atoms with Gasteiger partial charge in [-0.2, -0.15) is 0 Å². The number of benzene rings is 2. The van der Waals surface area contributed by atoms with Crippen molar-refractivity contribution in [1.29, 1.82) is 0 Å². The summed E-state index contributed by atoms with van der Waals surface area (Å²) in [5.41, 5.74) is 9.38. The van der Waals surface area contributed by atoms with Crippen LogP contribution in [0.25, 0.3) is 0 Å². The van der Waals surface area contributed by atoms with Crippen molar-refractivity contribution in [3.05, 3.63) is 76.8 Å². The van der Waals surface area contributed by atoms with Gasteiger partial charge in [0.25, 0.3) is 0 Å². The van der Waals surface area contributed by atoms with E-state index in [4.69, 9.17) is 22.1 Å². The van der Waals surface area contributed by atoms with Gasteiger partial charge in [0.2, 0.25) is 0 Å². The van der Waals surface area contributed by atoms with Crippen LogP contribution in [0.5, 0.6) is 5.75 Å². The van der Waals surface area contributed by atoms with E-state index in [1.807, 2.05) is 24.3 Å². The summed E-state index contributed by atoms with van der Waals surface area (Å²) in [4.78, 5) is 11.5. The third-order valence-electron chi connectivity index (χ3n) is 4.53. The quantitative estimate of drug-likeness (QED) is 0.589. The number of rotatable bonds is 7. The molecule has 0 bridgehead atoms. The number of fused-ring (bicyclic) bond motifs is 1. The molecule has 3 N–H and O–H groups in total. The van der Waals surface area contributed by atoms with Crippen LogP contribution in [0.4, 0.5) is 0 Å². The molecular formula is C20H21ClN2O2. The van der Waals surface area contributed by atoms with E-state index in [1.165, 1.54) is 5.56 Å². The fourth-order valence-corrected chi connectivity index (χ4v) is 3.66. The predicted octanol–water partition coefficient (Wildman–Crippen LogP) is 3.36. The Balaban J connectivity index is 1.97. The summed E-state index contributed by atoms with van der Waals surface area (Å²) in [5.74, 6) is 0.397. The van der Waals surface area contributed by atoms with Gasteiger partial charge in [-0.3, -0.25) is 0 Å². The smallest absolute Gasteiger partial charge is 0.137 e. The maximum atomic E-state index is 11.5. The summed E-state index contributed by atoms with van der Waals surface area (Å²) in [5, 5.41) is 4.01. The first-order valence-electron chi connectivity index (χ1n) is 8.21. The summed E-state index contributed by atoms with van der Waals surface area (Å²) in [6.45, 7) is 4.79. The van der Waals surface area contributed by atoms with Gasteiger partial charge >= 0.3 is 0 Å². The van der Waals surface area contributed by atoms with Gasteiger partial charge in [-0.1, -0.05) is 54.6 Å². The number of carbonyl (C=O) groups excluding carboxylic acids is 1. The third kappa shape index (κ3) is 3.61. The largest absolute Gasteiger partial charge is 0.490 e. The normalized spacial score (nSPS) is 18.2. The molecular weight excluding hydrogens is 336 g/mol. The van der Waals surface area contributed by atoms with Crippen LogP contribution >= 0.6 is 11.6 Å². The number of halogens is 1. The number of carbonyl (C=O) groups is 1. The van der Waals surface area contributed by atoms with Crippen LogP contribution < -0.4 is 15.8 Å². The van der Waals surface area contributed by atoms with Gasteiger partial charge in [0.1, 0.15) is 18.6 Å². The molecule has 130 valence electrons. The zero-order chi connectivity index (χ0) is 17.8. The molecule has 3 unspecified atom stereocenters. The topological polar surface area (TPSA) is 64.3 Å². The second-order valence-corrected chi connectivity index (χ2v) is 6.49. The van der Waals surface area contributed by atoms with Gasteiger partial charge in [0, 0.05) is 23.5 Å². The molecule has 3 rings (SSSR count). The highest BCUT2D eigenvalue weighted by Gasteiger charge is 2.35. The molecule has 0 saturated heterocycles. The zero-order valence-electron chi connectivity index (χ0n) is 13.8. The lowest BCUT2D eigenvalue weighted by Crippen LogP contribution is -2.37. The van der Waals surface area contributed by atoms with Crippen LogP contribution in [0.15, 0.2) is 55.1 Å². The molecule has 25 heavy (non-hydrogen) atoms. The minimum absolute atomic E-state index is 0.0613. The Hall–Kier alpha value is -2.14. The molecule has 1 heterocycles. The monoisotopic (exact) mass is 356 g/mol. The van der Waals surface area contributed by atoms with E-state index >= 15 is 0 Å². The molecule has 5 heteroatoms. The summed E-state index contributed by atoms with van der Waals surface area (Å²) in [6, 6.07) is 12.9. The fourth-order valence-electron chi connectivity index (χ4n) is 3.37. The standard InChI is InChI=1S/C20H21ClN2O2/c1-2-9-25-14-7-8-16(17(21)10-14)19(18(22)12-24)20-15-6-4-3-5-13(15)11-23-20/h2-8,10,12,18-20,23H,1,9,11,22H2. The van der Waals surface area contributed by atoms with Crippen molar-refractivity contribution in [2.24, 2.45) is 5.73 Å². The van der Waals surface area contributed by atoms with Gasteiger partial charge in [0.15, 0.2) is 0 Å². The van der Waals surface area contributed by atoms with Gasteiger partial charge < -0.3 is 20.6 Å². The molecule has 0 radical (unpaired) electrons. The van der Waals surface area contributed by atoms with E-state index in [-0.39, 0.29) is 12.0 Å². The Morgan fingerprint density at radius 3 is 2.88 bits per heavy atom. The molecule has 1 aliphatic heterocycles. The van der Waals surface area contributed by atoms with E-state index < -0.39 is 6.04 Å². The minimum Gasteiger partial charge on any atom is -0.490 e. The average Bonchev–Trinajstić information content (AvgIpc) is 3.05. The van der Waals surface area contributed by atoms with Crippen molar-refractivity contribution in [2.75, 3.05) is 6.61 Å². The molecule has 0 amide bonds. The summed E-state index contributed by atoms with van der Waals surface area (Å²) < 4.78 is 5.52. The van der Waals surface area contributed by atoms with E-state index in [1.54, 1.807) is 12.1 Å². The third-order valence-corrected chi connectivity index (χ3v) is 4.86. The molecule has 0 saturated carbocycles. The number of ether oxygens (including phenoxy) is 1. The molecule has 0 aromatic heterocycles. The van der Waals surface area contributed by atoms with E-state index in [9.17, 15) is 4.79 Å². The zero-order valence-corrected chi connectivity index (χ0v) is 14.6. The molecule has 1 aliphatic rings. The maximum Gasteiger partial charge on any atom is 0.137 e. The fraction of sp³-hybridized carbons (Fsp3) is 0.250. The summed E-state index contributed by atoms with van der Waals surface area (Å²) in [6.07, 6.45) is 2.46. The first-order valence-corrected chi connectivity index (χ1v) is 8.58. The first kappa shape index (κ1) is 17.7. The highest BCUT2D eigenvalue weighted by Crippen LogP contribution is 2.41. The average molecular weight is 357 g/mol. The first-order chi connectivity index (χ1) is 12.2. The van der Waals surface area contributed by atoms with E-state index in [0.29, 0.717) is 17.4 Å². The molecule has 2 aromatic rings. The maximum absolute atomic E-state index is 11.5. The van der Waals surface area contributed by atoms with Crippen molar-refractivity contribution in [1.82, 2.24) is 5.32 Å². The number of aldehydes is 1. The SMILES string of the molecule is C=CCOc1ccc(C(C(N)C=O)C2NCc3ccccc32)c(Cl)c1. The van der Waals surface area contributed by atoms with Crippen LogP contribution in [0.3, 0.4) is 0 Å². The minimum atomic E-state index is -0.666. The highest BCUT2D eigenvalue weighted by atomic mass is 35.5. The van der Waals surface area contributed by atoms with E-state index in [0.717, 1.165) is 24.0 Å².